The molecule has 0 aromatic carbocycles. The molecular formula is C11H17N3O3S. The highest BCUT2D eigenvalue weighted by molar-refractivity contribution is 8.00. The fourth-order valence-corrected chi connectivity index (χ4v) is 3.13. The van der Waals surface area contributed by atoms with Crippen LogP contribution in [-0.2, 0) is 14.4 Å². The molecule has 0 aliphatic carbocycles. The fraction of sp³-hybridized carbons (Fsp3) is 0.727. The predicted molar refractivity (Wildman–Crippen MR) is 67.8 cm³/mol. The number of carbonyl (C=O) groups excluding carboxylic acids is 3. The molecule has 18 heavy (non-hydrogen) atoms. The Balaban J connectivity index is 1.87. The van der Waals surface area contributed by atoms with E-state index in [1.807, 2.05) is 0 Å². The maximum atomic E-state index is 12.2. The van der Waals surface area contributed by atoms with E-state index in [9.17, 15) is 14.4 Å². The van der Waals surface area contributed by atoms with Crippen molar-refractivity contribution in [3.8, 4) is 0 Å². The van der Waals surface area contributed by atoms with Gasteiger partial charge < -0.3 is 16.0 Å². The van der Waals surface area contributed by atoms with Crippen molar-refractivity contribution in [2.24, 2.45) is 11.7 Å². The molecule has 2 aliphatic rings. The standard InChI is InChI=1S/C11H17N3O3S/c12-10(16)7-1-3-14(4-2-7)11(17)8-5-18-6-9(15)13-8/h7-8H,1-6H2,(H2,12,16)(H,13,15). The first-order valence-electron chi connectivity index (χ1n) is 6.03. The number of hydrogen-bond donors (Lipinski definition) is 2. The minimum Gasteiger partial charge on any atom is -0.369 e. The Labute approximate surface area is 110 Å². The van der Waals surface area contributed by atoms with E-state index >= 15 is 0 Å². The highest BCUT2D eigenvalue weighted by Gasteiger charge is 2.32. The summed E-state index contributed by atoms with van der Waals surface area (Å²) >= 11 is 1.48. The van der Waals surface area contributed by atoms with E-state index in [1.54, 1.807) is 4.90 Å². The van der Waals surface area contributed by atoms with Crippen LogP contribution in [0, 0.1) is 5.92 Å². The summed E-state index contributed by atoms with van der Waals surface area (Å²) < 4.78 is 0. The maximum absolute atomic E-state index is 12.2. The molecule has 7 heteroatoms. The molecule has 2 rings (SSSR count). The van der Waals surface area contributed by atoms with Crippen molar-refractivity contribution >= 4 is 29.5 Å². The van der Waals surface area contributed by atoms with Gasteiger partial charge in [-0.25, -0.2) is 0 Å². The summed E-state index contributed by atoms with van der Waals surface area (Å²) in [5, 5.41) is 2.70. The number of amides is 3. The Morgan fingerprint density at radius 3 is 2.56 bits per heavy atom. The molecule has 6 nitrogen and oxygen atoms in total. The molecule has 1 unspecified atom stereocenters. The van der Waals surface area contributed by atoms with Gasteiger partial charge in [-0.2, -0.15) is 0 Å². The van der Waals surface area contributed by atoms with Gasteiger partial charge in [0.1, 0.15) is 6.04 Å². The molecule has 2 heterocycles. The van der Waals surface area contributed by atoms with Gasteiger partial charge in [0, 0.05) is 24.8 Å². The van der Waals surface area contributed by atoms with Gasteiger partial charge in [-0.1, -0.05) is 0 Å². The van der Waals surface area contributed by atoms with Gasteiger partial charge >= 0.3 is 0 Å². The molecule has 0 bridgehead atoms. The second-order valence-corrected chi connectivity index (χ2v) is 5.67. The predicted octanol–water partition coefficient (Wildman–Crippen LogP) is -1.06. The lowest BCUT2D eigenvalue weighted by Crippen LogP contribution is -2.54. The van der Waals surface area contributed by atoms with Crippen LogP contribution >= 0.6 is 11.8 Å². The average Bonchev–Trinajstić information content (AvgIpc) is 2.38. The minimum atomic E-state index is -0.415. The number of hydrogen-bond acceptors (Lipinski definition) is 4. The number of carbonyl (C=O) groups is 3. The van der Waals surface area contributed by atoms with Gasteiger partial charge in [0.2, 0.25) is 17.7 Å². The van der Waals surface area contributed by atoms with E-state index in [2.05, 4.69) is 5.32 Å². The van der Waals surface area contributed by atoms with Crippen LogP contribution in [0.1, 0.15) is 12.8 Å². The first kappa shape index (κ1) is 13.2. The van der Waals surface area contributed by atoms with Crippen LogP contribution in [0.3, 0.4) is 0 Å². The summed E-state index contributed by atoms with van der Waals surface area (Å²) in [4.78, 5) is 36.1. The SMILES string of the molecule is NC(=O)C1CCN(C(=O)C2CSCC(=O)N2)CC1. The monoisotopic (exact) mass is 271 g/mol. The molecule has 0 aromatic heterocycles. The van der Waals surface area contributed by atoms with E-state index in [1.165, 1.54) is 11.8 Å². The summed E-state index contributed by atoms with van der Waals surface area (Å²) in [5.41, 5.74) is 5.25. The topological polar surface area (TPSA) is 92.5 Å². The van der Waals surface area contributed by atoms with Crippen molar-refractivity contribution in [2.45, 2.75) is 18.9 Å². The van der Waals surface area contributed by atoms with Gasteiger partial charge in [0.15, 0.2) is 0 Å². The van der Waals surface area contributed by atoms with Crippen LogP contribution < -0.4 is 11.1 Å². The summed E-state index contributed by atoms with van der Waals surface area (Å²) in [6, 6.07) is -0.415. The van der Waals surface area contributed by atoms with Crippen LogP contribution in [0.25, 0.3) is 0 Å². The van der Waals surface area contributed by atoms with E-state index < -0.39 is 6.04 Å². The van der Waals surface area contributed by atoms with Crippen molar-refractivity contribution < 1.29 is 14.4 Å². The smallest absolute Gasteiger partial charge is 0.246 e. The first-order chi connectivity index (χ1) is 8.58. The van der Waals surface area contributed by atoms with Gasteiger partial charge in [-0.3, -0.25) is 14.4 Å². The first-order valence-corrected chi connectivity index (χ1v) is 7.18. The Morgan fingerprint density at radius 2 is 2.00 bits per heavy atom. The van der Waals surface area contributed by atoms with Crippen LogP contribution in [0.4, 0.5) is 0 Å². The summed E-state index contributed by atoms with van der Waals surface area (Å²) in [6.07, 6.45) is 1.24. The Kier molecular flexibility index (Phi) is 4.11. The number of nitrogens with zero attached hydrogens (tertiary/aromatic N) is 1. The molecule has 0 spiro atoms. The molecule has 1 atom stereocenters. The van der Waals surface area contributed by atoms with Gasteiger partial charge in [-0.05, 0) is 12.8 Å². The molecule has 2 saturated heterocycles. The summed E-state index contributed by atoms with van der Waals surface area (Å²) in [5.74, 6) is 0.511. The second kappa shape index (κ2) is 5.60. The minimum absolute atomic E-state index is 0.0431. The maximum Gasteiger partial charge on any atom is 0.246 e. The molecular weight excluding hydrogens is 254 g/mol. The number of rotatable bonds is 2. The van der Waals surface area contributed by atoms with Crippen LogP contribution in [0.2, 0.25) is 0 Å². The van der Waals surface area contributed by atoms with Crippen LogP contribution in [-0.4, -0.2) is 53.3 Å². The number of nitrogens with two attached hydrogens (primary N) is 1. The number of likely N-dealkylation sites (tertiary alicyclic amines) is 1. The highest BCUT2D eigenvalue weighted by Crippen LogP contribution is 2.19. The number of primary amides is 1. The normalized spacial score (nSPS) is 25.7. The lowest BCUT2D eigenvalue weighted by Gasteiger charge is -2.34. The quantitative estimate of drug-likeness (QED) is 0.670. The third kappa shape index (κ3) is 2.95. The van der Waals surface area contributed by atoms with E-state index in [4.69, 9.17) is 5.73 Å². The average molecular weight is 271 g/mol. The lowest BCUT2D eigenvalue weighted by atomic mass is 9.96. The lowest BCUT2D eigenvalue weighted by molar-refractivity contribution is -0.138. The zero-order valence-electron chi connectivity index (χ0n) is 10.1. The van der Waals surface area contributed by atoms with Crippen molar-refractivity contribution in [3.05, 3.63) is 0 Å². The third-order valence-electron chi connectivity index (χ3n) is 3.36. The van der Waals surface area contributed by atoms with Gasteiger partial charge in [0.05, 0.1) is 5.75 Å². The van der Waals surface area contributed by atoms with E-state index in [0.29, 0.717) is 37.4 Å². The fourth-order valence-electron chi connectivity index (χ4n) is 2.28. The van der Waals surface area contributed by atoms with Crippen molar-refractivity contribution in [2.75, 3.05) is 24.6 Å². The van der Waals surface area contributed by atoms with Crippen molar-refractivity contribution in [3.63, 3.8) is 0 Å². The molecule has 0 aromatic rings. The Hall–Kier alpha value is -1.24. The highest BCUT2D eigenvalue weighted by atomic mass is 32.2. The molecule has 100 valence electrons. The zero-order valence-corrected chi connectivity index (χ0v) is 10.9. The van der Waals surface area contributed by atoms with Crippen LogP contribution in [0.5, 0.6) is 0 Å². The van der Waals surface area contributed by atoms with E-state index in [0.717, 1.165) is 0 Å². The van der Waals surface area contributed by atoms with Crippen molar-refractivity contribution in [1.29, 1.82) is 0 Å². The molecule has 3 amide bonds. The molecule has 0 saturated carbocycles. The van der Waals surface area contributed by atoms with Gasteiger partial charge in [-0.15, -0.1) is 11.8 Å². The van der Waals surface area contributed by atoms with E-state index in [-0.39, 0.29) is 23.6 Å². The summed E-state index contributed by atoms with van der Waals surface area (Å²) in [6.45, 7) is 1.09. The number of thioether (sulfide) groups is 1. The number of piperidine rings is 1. The van der Waals surface area contributed by atoms with Crippen molar-refractivity contribution in [1.82, 2.24) is 10.2 Å². The third-order valence-corrected chi connectivity index (χ3v) is 4.40. The largest absolute Gasteiger partial charge is 0.369 e. The Bertz CT molecular complexity index is 367. The molecule has 2 aliphatic heterocycles. The van der Waals surface area contributed by atoms with Crippen LogP contribution in [0.15, 0.2) is 0 Å². The second-order valence-electron chi connectivity index (χ2n) is 4.64. The number of nitrogens with one attached hydrogen (secondary N) is 1. The van der Waals surface area contributed by atoms with Gasteiger partial charge in [0.25, 0.3) is 0 Å². The summed E-state index contributed by atoms with van der Waals surface area (Å²) in [7, 11) is 0. The zero-order chi connectivity index (χ0) is 13.1. The molecule has 0 radical (unpaired) electrons. The Morgan fingerprint density at radius 1 is 1.33 bits per heavy atom. The molecule has 3 N–H and O–H groups in total. The molecule has 2 fully saturated rings.